The minimum Gasteiger partial charge on any atom is -0.469 e. The van der Waals surface area contributed by atoms with Crippen LogP contribution < -0.4 is 5.73 Å². The lowest BCUT2D eigenvalue weighted by Crippen LogP contribution is -2.46. The Morgan fingerprint density at radius 2 is 1.76 bits per heavy atom. The molecule has 0 saturated carbocycles. The van der Waals surface area contributed by atoms with Crippen LogP contribution in [0.2, 0.25) is 0 Å². The van der Waals surface area contributed by atoms with Crippen molar-refractivity contribution < 1.29 is 14.3 Å². The van der Waals surface area contributed by atoms with Gasteiger partial charge in [-0.1, -0.05) is 20.8 Å². The third kappa shape index (κ3) is 5.68. The molecule has 0 saturated heterocycles. The van der Waals surface area contributed by atoms with E-state index in [2.05, 4.69) is 13.8 Å². The van der Waals surface area contributed by atoms with Crippen molar-refractivity contribution in [2.75, 3.05) is 20.2 Å². The summed E-state index contributed by atoms with van der Waals surface area (Å²) in [5, 5.41) is 0. The Morgan fingerprint density at radius 1 is 1.24 bits per heavy atom. The number of hydrogen-bond acceptors (Lipinski definition) is 4. The van der Waals surface area contributed by atoms with E-state index in [9.17, 15) is 9.59 Å². The topological polar surface area (TPSA) is 72.6 Å². The molecule has 100 valence electrons. The van der Waals surface area contributed by atoms with Crippen molar-refractivity contribution in [3.63, 3.8) is 0 Å². The van der Waals surface area contributed by atoms with E-state index in [-0.39, 0.29) is 30.4 Å². The highest BCUT2D eigenvalue weighted by Crippen LogP contribution is 2.14. The second-order valence-electron chi connectivity index (χ2n) is 4.84. The summed E-state index contributed by atoms with van der Waals surface area (Å²) >= 11 is 0. The van der Waals surface area contributed by atoms with E-state index in [1.54, 1.807) is 6.92 Å². The number of ether oxygens (including phenoxy) is 1. The van der Waals surface area contributed by atoms with Crippen molar-refractivity contribution in [2.45, 2.75) is 33.7 Å². The van der Waals surface area contributed by atoms with E-state index in [1.807, 2.05) is 11.8 Å². The summed E-state index contributed by atoms with van der Waals surface area (Å²) < 4.78 is 4.71. The normalized spacial score (nSPS) is 14.8. The summed E-state index contributed by atoms with van der Waals surface area (Å²) in [4.78, 5) is 24.4. The first-order valence-corrected chi connectivity index (χ1v) is 5.89. The highest BCUT2D eigenvalue weighted by Gasteiger charge is 2.27. The number of nitrogens with zero attached hydrogens (tertiary/aromatic N) is 1. The first-order valence-electron chi connectivity index (χ1n) is 5.89. The molecule has 0 radical (unpaired) electrons. The minimum absolute atomic E-state index is 0.0719. The number of carbonyl (C=O) groups is 2. The van der Waals surface area contributed by atoms with Gasteiger partial charge in [0.15, 0.2) is 0 Å². The van der Waals surface area contributed by atoms with Gasteiger partial charge in [-0.2, -0.15) is 0 Å². The monoisotopic (exact) mass is 244 g/mol. The van der Waals surface area contributed by atoms with Gasteiger partial charge >= 0.3 is 5.97 Å². The van der Waals surface area contributed by atoms with Gasteiger partial charge in [-0.3, -0.25) is 14.5 Å². The summed E-state index contributed by atoms with van der Waals surface area (Å²) in [6.07, 6.45) is 0. The lowest BCUT2D eigenvalue weighted by Gasteiger charge is -2.32. The van der Waals surface area contributed by atoms with E-state index in [0.717, 1.165) is 6.54 Å². The van der Waals surface area contributed by atoms with E-state index in [0.29, 0.717) is 5.92 Å². The van der Waals surface area contributed by atoms with Gasteiger partial charge in [0.2, 0.25) is 5.91 Å². The van der Waals surface area contributed by atoms with E-state index in [4.69, 9.17) is 10.5 Å². The molecule has 0 fully saturated rings. The van der Waals surface area contributed by atoms with Crippen LogP contribution in [-0.4, -0.2) is 43.0 Å². The molecular formula is C12H24N2O3. The Hall–Kier alpha value is -1.10. The fourth-order valence-electron chi connectivity index (χ4n) is 1.74. The fraction of sp³-hybridized carbons (Fsp3) is 0.833. The number of amides is 1. The number of carbonyl (C=O) groups excluding carboxylic acids is 2. The molecular weight excluding hydrogens is 220 g/mol. The Kier molecular flexibility index (Phi) is 6.80. The third-order valence-corrected chi connectivity index (χ3v) is 2.83. The Morgan fingerprint density at radius 3 is 2.12 bits per heavy atom. The number of primary amides is 1. The fourth-order valence-corrected chi connectivity index (χ4v) is 1.74. The maximum atomic E-state index is 11.5. The van der Waals surface area contributed by atoms with Crippen LogP contribution in [0.15, 0.2) is 0 Å². The first-order chi connectivity index (χ1) is 7.79. The molecule has 0 rings (SSSR count). The quantitative estimate of drug-likeness (QED) is 0.667. The lowest BCUT2D eigenvalue weighted by molar-refractivity contribution is -0.147. The molecule has 2 unspecified atom stereocenters. The van der Waals surface area contributed by atoms with Gasteiger partial charge in [-0.05, 0) is 12.8 Å². The minimum atomic E-state index is -0.380. The highest BCUT2D eigenvalue weighted by atomic mass is 16.5. The van der Waals surface area contributed by atoms with Crippen LogP contribution in [0, 0.1) is 11.8 Å². The van der Waals surface area contributed by atoms with Gasteiger partial charge < -0.3 is 10.5 Å². The van der Waals surface area contributed by atoms with E-state index >= 15 is 0 Å². The molecule has 0 aromatic rings. The maximum absolute atomic E-state index is 11.5. The van der Waals surface area contributed by atoms with Crippen molar-refractivity contribution in [3.8, 4) is 0 Å². The van der Waals surface area contributed by atoms with Crippen molar-refractivity contribution in [2.24, 2.45) is 17.6 Å². The van der Waals surface area contributed by atoms with Crippen LogP contribution in [0.1, 0.15) is 27.7 Å². The zero-order valence-electron chi connectivity index (χ0n) is 11.4. The molecule has 5 nitrogen and oxygen atoms in total. The Bertz CT molecular complexity index is 266. The standard InChI is InChI=1S/C12H24N2O3/c1-8(2)6-14(7-11(13)15)10(4)9(3)12(16)17-5/h8-10H,6-7H2,1-5H3,(H2,13,15). The lowest BCUT2D eigenvalue weighted by atomic mass is 10.0. The maximum Gasteiger partial charge on any atom is 0.309 e. The predicted molar refractivity (Wildman–Crippen MR) is 66.2 cm³/mol. The number of esters is 1. The summed E-state index contributed by atoms with van der Waals surface area (Å²) in [6, 6.07) is -0.0719. The van der Waals surface area contributed by atoms with Crippen LogP contribution in [-0.2, 0) is 14.3 Å². The molecule has 2 N–H and O–H groups in total. The van der Waals surface area contributed by atoms with Crippen molar-refractivity contribution in [1.82, 2.24) is 4.90 Å². The zero-order chi connectivity index (χ0) is 13.6. The number of rotatable bonds is 7. The molecule has 0 aliphatic rings. The second kappa shape index (κ2) is 7.27. The Labute approximate surface area is 103 Å². The largest absolute Gasteiger partial charge is 0.469 e. The summed E-state index contributed by atoms with van der Waals surface area (Å²) in [5.41, 5.74) is 5.22. The summed E-state index contributed by atoms with van der Waals surface area (Å²) in [7, 11) is 1.37. The molecule has 0 heterocycles. The van der Waals surface area contributed by atoms with Gasteiger partial charge in [-0.15, -0.1) is 0 Å². The smallest absolute Gasteiger partial charge is 0.309 e. The Balaban J connectivity index is 4.66. The summed E-state index contributed by atoms with van der Waals surface area (Å²) in [5.74, 6) is -0.523. The molecule has 0 bridgehead atoms. The van der Waals surface area contributed by atoms with Crippen molar-refractivity contribution >= 4 is 11.9 Å². The predicted octanol–water partition coefficient (Wildman–Crippen LogP) is 0.627. The average molecular weight is 244 g/mol. The van der Waals surface area contributed by atoms with Gasteiger partial charge in [0.05, 0.1) is 19.6 Å². The van der Waals surface area contributed by atoms with Crippen molar-refractivity contribution in [1.29, 1.82) is 0 Å². The van der Waals surface area contributed by atoms with Gasteiger partial charge in [0, 0.05) is 12.6 Å². The number of hydrogen-bond donors (Lipinski definition) is 1. The number of methoxy groups -OCH3 is 1. The van der Waals surface area contributed by atoms with Crippen LogP contribution in [0.5, 0.6) is 0 Å². The molecule has 0 spiro atoms. The third-order valence-electron chi connectivity index (χ3n) is 2.83. The second-order valence-corrected chi connectivity index (χ2v) is 4.84. The summed E-state index contributed by atoms with van der Waals surface area (Å²) in [6.45, 7) is 8.72. The first kappa shape index (κ1) is 15.9. The van der Waals surface area contributed by atoms with Crippen LogP contribution in [0.4, 0.5) is 0 Å². The van der Waals surface area contributed by atoms with E-state index < -0.39 is 0 Å². The van der Waals surface area contributed by atoms with Gasteiger partial charge in [0.25, 0.3) is 0 Å². The SMILES string of the molecule is COC(=O)C(C)C(C)N(CC(N)=O)CC(C)C. The molecule has 0 aromatic heterocycles. The highest BCUT2D eigenvalue weighted by molar-refractivity contribution is 5.76. The van der Waals surface area contributed by atoms with E-state index in [1.165, 1.54) is 7.11 Å². The van der Waals surface area contributed by atoms with Crippen LogP contribution in [0.25, 0.3) is 0 Å². The van der Waals surface area contributed by atoms with Crippen LogP contribution in [0.3, 0.4) is 0 Å². The van der Waals surface area contributed by atoms with Gasteiger partial charge in [-0.25, -0.2) is 0 Å². The van der Waals surface area contributed by atoms with Gasteiger partial charge in [0.1, 0.15) is 0 Å². The zero-order valence-corrected chi connectivity index (χ0v) is 11.4. The van der Waals surface area contributed by atoms with Crippen LogP contribution >= 0.6 is 0 Å². The molecule has 2 atom stereocenters. The average Bonchev–Trinajstić information content (AvgIpc) is 2.23. The molecule has 17 heavy (non-hydrogen) atoms. The number of nitrogens with two attached hydrogens (primary N) is 1. The molecule has 1 amide bonds. The molecule has 0 aromatic carbocycles. The molecule has 5 heteroatoms. The van der Waals surface area contributed by atoms with Crippen molar-refractivity contribution in [3.05, 3.63) is 0 Å². The molecule has 0 aliphatic heterocycles. The molecule has 0 aliphatic carbocycles.